The van der Waals surface area contributed by atoms with E-state index in [1.165, 1.54) is 0 Å². The van der Waals surface area contributed by atoms with Crippen LogP contribution in [0.2, 0.25) is 0 Å². The summed E-state index contributed by atoms with van der Waals surface area (Å²) in [7, 11) is 0. The Morgan fingerprint density at radius 2 is 1.43 bits per heavy atom. The van der Waals surface area contributed by atoms with Gasteiger partial charge in [0.15, 0.2) is 23.3 Å². The largest absolute Gasteiger partial charge is 0.393 e. The highest BCUT2D eigenvalue weighted by Crippen LogP contribution is 2.39. The Morgan fingerprint density at radius 1 is 0.905 bits per heavy atom. The highest BCUT2D eigenvalue weighted by Gasteiger charge is 2.46. The van der Waals surface area contributed by atoms with Crippen molar-refractivity contribution in [1.82, 2.24) is 0 Å². The summed E-state index contributed by atoms with van der Waals surface area (Å²) in [5.41, 5.74) is -1.19. The van der Waals surface area contributed by atoms with E-state index in [9.17, 15) is 30.7 Å². The van der Waals surface area contributed by atoms with E-state index in [0.29, 0.717) is 12.8 Å². The van der Waals surface area contributed by atoms with E-state index < -0.39 is 47.1 Å². The smallest absolute Gasteiger partial charge is 0.377 e. The zero-order chi connectivity index (χ0) is 15.8. The topological polar surface area (TPSA) is 12.0 Å². The molecular weight excluding hydrogens is 303 g/mol. The molecule has 0 radical (unpaired) electrons. The van der Waals surface area contributed by atoms with Crippen molar-refractivity contribution >= 4 is 5.69 Å². The molecule has 0 saturated heterocycles. The first-order valence-corrected chi connectivity index (χ1v) is 6.38. The predicted molar refractivity (Wildman–Crippen MR) is 61.7 cm³/mol. The fourth-order valence-electron chi connectivity index (χ4n) is 2.58. The van der Waals surface area contributed by atoms with Gasteiger partial charge in [-0.25, -0.2) is 17.6 Å². The van der Waals surface area contributed by atoms with Gasteiger partial charge in [0.2, 0.25) is 0 Å². The zero-order valence-electron chi connectivity index (χ0n) is 10.7. The third-order valence-corrected chi connectivity index (χ3v) is 3.63. The highest BCUT2D eigenvalue weighted by atomic mass is 19.4. The van der Waals surface area contributed by atoms with Crippen molar-refractivity contribution in [3.8, 4) is 0 Å². The lowest BCUT2D eigenvalue weighted by atomic mass is 9.84. The van der Waals surface area contributed by atoms with Crippen LogP contribution in [0, 0.1) is 29.2 Å². The molecule has 8 heteroatoms. The van der Waals surface area contributed by atoms with E-state index >= 15 is 0 Å². The number of anilines is 1. The first-order chi connectivity index (χ1) is 9.71. The lowest BCUT2D eigenvalue weighted by molar-refractivity contribution is -0.184. The van der Waals surface area contributed by atoms with Crippen molar-refractivity contribution in [2.45, 2.75) is 37.9 Å². The van der Waals surface area contributed by atoms with Crippen molar-refractivity contribution in [2.24, 2.45) is 5.92 Å². The quantitative estimate of drug-likeness (QED) is 0.612. The highest BCUT2D eigenvalue weighted by molar-refractivity contribution is 5.48. The zero-order valence-corrected chi connectivity index (χ0v) is 10.7. The molecular formula is C13H12F7N. The van der Waals surface area contributed by atoms with Gasteiger partial charge in [0.1, 0.15) is 5.69 Å². The van der Waals surface area contributed by atoms with Crippen LogP contribution < -0.4 is 5.32 Å². The average Bonchev–Trinajstić information content (AvgIpc) is 2.41. The van der Waals surface area contributed by atoms with Crippen molar-refractivity contribution < 1.29 is 30.7 Å². The molecule has 2 unspecified atom stereocenters. The minimum Gasteiger partial charge on any atom is -0.377 e. The van der Waals surface area contributed by atoms with Gasteiger partial charge in [-0.15, -0.1) is 0 Å². The molecule has 1 aliphatic carbocycles. The summed E-state index contributed by atoms with van der Waals surface area (Å²) < 4.78 is 91.7. The van der Waals surface area contributed by atoms with Gasteiger partial charge in [-0.1, -0.05) is 12.8 Å². The van der Waals surface area contributed by atoms with Crippen LogP contribution in [0.1, 0.15) is 25.7 Å². The summed E-state index contributed by atoms with van der Waals surface area (Å²) >= 11 is 0. The van der Waals surface area contributed by atoms with Gasteiger partial charge in [0.25, 0.3) is 0 Å². The van der Waals surface area contributed by atoms with Crippen molar-refractivity contribution in [3.05, 3.63) is 29.3 Å². The standard InChI is InChI=1S/C13H12F7N/c14-7-5-8(15)11(17)12(10(7)16)21-9-4-2-1-3-6(9)13(18,19)20/h5-6,9,21H,1-4H2. The predicted octanol–water partition coefficient (Wildman–Crippen LogP) is 4.78. The minimum absolute atomic E-state index is 0.0119. The molecule has 1 saturated carbocycles. The lowest BCUT2D eigenvalue weighted by Crippen LogP contribution is -2.41. The Morgan fingerprint density at radius 3 is 1.95 bits per heavy atom. The maximum atomic E-state index is 13.5. The number of benzene rings is 1. The summed E-state index contributed by atoms with van der Waals surface area (Å²) in [6, 6.07) is -1.30. The Balaban J connectivity index is 2.32. The molecule has 1 fully saturated rings. The third kappa shape index (κ3) is 3.24. The van der Waals surface area contributed by atoms with E-state index in [1.54, 1.807) is 0 Å². The SMILES string of the molecule is Fc1cc(F)c(F)c(NC2CCCCC2C(F)(F)F)c1F. The van der Waals surface area contributed by atoms with Crippen molar-refractivity contribution in [1.29, 1.82) is 0 Å². The van der Waals surface area contributed by atoms with Gasteiger partial charge in [-0.05, 0) is 12.8 Å². The van der Waals surface area contributed by atoms with E-state index in [-0.39, 0.29) is 18.9 Å². The van der Waals surface area contributed by atoms with Gasteiger partial charge in [-0.3, -0.25) is 0 Å². The summed E-state index contributed by atoms with van der Waals surface area (Å²) in [4.78, 5) is 0. The number of hydrogen-bond acceptors (Lipinski definition) is 1. The number of alkyl halides is 3. The Bertz CT molecular complexity index is 500. The molecule has 2 rings (SSSR count). The van der Waals surface area contributed by atoms with E-state index in [1.807, 2.05) is 5.32 Å². The molecule has 0 aliphatic heterocycles. The molecule has 0 aromatic heterocycles. The first kappa shape index (κ1) is 15.9. The van der Waals surface area contributed by atoms with Gasteiger partial charge < -0.3 is 5.32 Å². The molecule has 0 spiro atoms. The second kappa shape index (κ2) is 5.73. The molecule has 21 heavy (non-hydrogen) atoms. The summed E-state index contributed by atoms with van der Waals surface area (Å²) in [5, 5.41) is 2.01. The number of hydrogen-bond donors (Lipinski definition) is 1. The van der Waals surface area contributed by atoms with Crippen LogP contribution in [0.4, 0.5) is 36.4 Å². The molecule has 1 aromatic rings. The molecule has 0 amide bonds. The fraction of sp³-hybridized carbons (Fsp3) is 0.538. The molecule has 1 aromatic carbocycles. The monoisotopic (exact) mass is 315 g/mol. The lowest BCUT2D eigenvalue weighted by Gasteiger charge is -2.34. The Labute approximate surface area is 116 Å². The Kier molecular flexibility index (Phi) is 4.34. The first-order valence-electron chi connectivity index (χ1n) is 6.38. The van der Waals surface area contributed by atoms with Gasteiger partial charge in [0.05, 0.1) is 5.92 Å². The number of halogens is 7. The van der Waals surface area contributed by atoms with Crippen LogP contribution in [0.3, 0.4) is 0 Å². The molecule has 1 N–H and O–H groups in total. The van der Waals surface area contributed by atoms with Gasteiger partial charge in [0, 0.05) is 12.1 Å². The molecule has 1 aliphatic rings. The van der Waals surface area contributed by atoms with E-state index in [4.69, 9.17) is 0 Å². The van der Waals surface area contributed by atoms with Crippen LogP contribution in [0.25, 0.3) is 0 Å². The second-order valence-electron chi connectivity index (χ2n) is 5.03. The van der Waals surface area contributed by atoms with Crippen LogP contribution >= 0.6 is 0 Å². The summed E-state index contributed by atoms with van der Waals surface area (Å²) in [5.74, 6) is -8.57. The second-order valence-corrected chi connectivity index (χ2v) is 5.03. The van der Waals surface area contributed by atoms with Crippen LogP contribution in [0.15, 0.2) is 6.07 Å². The van der Waals surface area contributed by atoms with Crippen LogP contribution in [-0.2, 0) is 0 Å². The molecule has 0 bridgehead atoms. The van der Waals surface area contributed by atoms with Crippen molar-refractivity contribution in [3.63, 3.8) is 0 Å². The molecule has 0 heterocycles. The maximum absolute atomic E-state index is 13.5. The normalized spacial score (nSPS) is 23.2. The van der Waals surface area contributed by atoms with Crippen molar-refractivity contribution in [2.75, 3.05) is 5.32 Å². The fourth-order valence-corrected chi connectivity index (χ4v) is 2.58. The van der Waals surface area contributed by atoms with Gasteiger partial charge in [-0.2, -0.15) is 13.2 Å². The maximum Gasteiger partial charge on any atom is 0.393 e. The van der Waals surface area contributed by atoms with Gasteiger partial charge >= 0.3 is 6.18 Å². The third-order valence-electron chi connectivity index (χ3n) is 3.63. The molecule has 1 nitrogen and oxygen atoms in total. The number of nitrogens with one attached hydrogen (secondary N) is 1. The molecule has 118 valence electrons. The van der Waals surface area contributed by atoms with Crippen LogP contribution in [-0.4, -0.2) is 12.2 Å². The average molecular weight is 315 g/mol. The Hall–Kier alpha value is -1.47. The molecule has 2 atom stereocenters. The minimum atomic E-state index is -4.54. The van der Waals surface area contributed by atoms with Crippen LogP contribution in [0.5, 0.6) is 0 Å². The summed E-state index contributed by atoms with van der Waals surface area (Å²) in [6.07, 6.45) is -3.95. The summed E-state index contributed by atoms with van der Waals surface area (Å²) in [6.45, 7) is 0. The number of rotatable bonds is 2. The van der Waals surface area contributed by atoms with E-state index in [2.05, 4.69) is 0 Å². The van der Waals surface area contributed by atoms with E-state index in [0.717, 1.165) is 0 Å².